The lowest BCUT2D eigenvalue weighted by atomic mass is 9.81. The van der Waals surface area contributed by atoms with Gasteiger partial charge in [0.15, 0.2) is 0 Å². The van der Waals surface area contributed by atoms with Crippen LogP contribution in [-0.4, -0.2) is 44.1 Å². The number of benzene rings is 1. The molecule has 0 radical (unpaired) electrons. The minimum absolute atomic E-state index is 0. The van der Waals surface area contributed by atoms with Crippen molar-refractivity contribution in [2.75, 3.05) is 33.3 Å². The van der Waals surface area contributed by atoms with E-state index in [-0.39, 0.29) is 23.7 Å². The van der Waals surface area contributed by atoms with Crippen LogP contribution in [0.5, 0.6) is 5.75 Å². The first-order chi connectivity index (χ1) is 10.0. The average Bonchev–Trinajstić information content (AvgIpc) is 2.49. The molecule has 0 saturated carbocycles. The summed E-state index contributed by atoms with van der Waals surface area (Å²) < 4.78 is 5.64. The summed E-state index contributed by atoms with van der Waals surface area (Å²) in [7, 11) is 1.83. The van der Waals surface area contributed by atoms with E-state index in [4.69, 9.17) is 16.3 Å². The minimum atomic E-state index is -0.294. The van der Waals surface area contributed by atoms with Gasteiger partial charge < -0.3 is 15.0 Å². The zero-order chi connectivity index (χ0) is 15.3. The molecule has 4 nitrogen and oxygen atoms in total. The molecule has 0 bridgehead atoms. The number of hydrogen-bond acceptors (Lipinski definition) is 3. The Morgan fingerprint density at radius 2 is 2.18 bits per heavy atom. The van der Waals surface area contributed by atoms with Crippen molar-refractivity contribution in [3.8, 4) is 5.75 Å². The lowest BCUT2D eigenvalue weighted by Gasteiger charge is -2.36. The number of carbonyl (C=O) groups excluding carboxylic acids is 1. The summed E-state index contributed by atoms with van der Waals surface area (Å²) >= 11 is 6.03. The lowest BCUT2D eigenvalue weighted by molar-refractivity contribution is -0.141. The highest BCUT2D eigenvalue weighted by Crippen LogP contribution is 2.27. The molecular formula is C16H24Cl2N2O2. The van der Waals surface area contributed by atoms with Crippen molar-refractivity contribution in [3.05, 3.63) is 29.3 Å². The van der Waals surface area contributed by atoms with Gasteiger partial charge in [-0.05, 0) is 38.4 Å². The molecule has 1 unspecified atom stereocenters. The van der Waals surface area contributed by atoms with Gasteiger partial charge in [0.1, 0.15) is 12.4 Å². The van der Waals surface area contributed by atoms with E-state index in [9.17, 15) is 4.79 Å². The van der Waals surface area contributed by atoms with Crippen LogP contribution in [0.25, 0.3) is 0 Å². The van der Waals surface area contributed by atoms with Crippen molar-refractivity contribution in [1.82, 2.24) is 10.2 Å². The fourth-order valence-electron chi connectivity index (χ4n) is 2.66. The van der Waals surface area contributed by atoms with Gasteiger partial charge in [-0.1, -0.05) is 23.7 Å². The van der Waals surface area contributed by atoms with Gasteiger partial charge in [-0.25, -0.2) is 0 Å². The number of piperidine rings is 1. The Morgan fingerprint density at radius 3 is 2.82 bits per heavy atom. The van der Waals surface area contributed by atoms with Gasteiger partial charge >= 0.3 is 0 Å². The maximum Gasteiger partial charge on any atom is 0.229 e. The van der Waals surface area contributed by atoms with Gasteiger partial charge in [0, 0.05) is 13.6 Å². The van der Waals surface area contributed by atoms with Gasteiger partial charge in [0.05, 0.1) is 17.0 Å². The number of rotatable bonds is 5. The monoisotopic (exact) mass is 346 g/mol. The average molecular weight is 347 g/mol. The van der Waals surface area contributed by atoms with Gasteiger partial charge in [0.25, 0.3) is 0 Å². The van der Waals surface area contributed by atoms with Gasteiger partial charge in [0.2, 0.25) is 5.91 Å². The highest BCUT2D eigenvalue weighted by atomic mass is 35.5. The molecule has 1 amide bonds. The molecule has 0 spiro atoms. The predicted molar refractivity (Wildman–Crippen MR) is 92.0 cm³/mol. The Bertz CT molecular complexity index is 491. The standard InChI is InChI=1S/C16H23ClN2O2.ClH/c1-16(8-5-9-18-12-16)15(20)19(2)10-11-21-14-7-4-3-6-13(14)17;/h3-4,6-7,18H,5,8-12H2,1-2H3;1H. The van der Waals surface area contributed by atoms with Crippen molar-refractivity contribution < 1.29 is 9.53 Å². The second kappa shape index (κ2) is 8.61. The molecule has 2 rings (SSSR count). The molecular weight excluding hydrogens is 323 g/mol. The van der Waals surface area contributed by atoms with Crippen LogP contribution in [0.2, 0.25) is 5.02 Å². The maximum absolute atomic E-state index is 12.5. The number of nitrogens with one attached hydrogen (secondary N) is 1. The molecule has 124 valence electrons. The first-order valence-electron chi connectivity index (χ1n) is 7.36. The molecule has 1 atom stereocenters. The Labute approximate surface area is 143 Å². The number of likely N-dealkylation sites (N-methyl/N-ethyl adjacent to an activating group) is 1. The summed E-state index contributed by atoms with van der Waals surface area (Å²) in [4.78, 5) is 14.3. The zero-order valence-corrected chi connectivity index (χ0v) is 14.7. The molecule has 22 heavy (non-hydrogen) atoms. The Kier molecular flexibility index (Phi) is 7.46. The van der Waals surface area contributed by atoms with Crippen LogP contribution >= 0.6 is 24.0 Å². The van der Waals surface area contributed by atoms with Crippen LogP contribution < -0.4 is 10.1 Å². The SMILES string of the molecule is CN(CCOc1ccccc1Cl)C(=O)C1(C)CCCNC1.Cl. The van der Waals surface area contributed by atoms with E-state index in [0.717, 1.165) is 25.9 Å². The number of hydrogen-bond donors (Lipinski definition) is 1. The van der Waals surface area contributed by atoms with Crippen LogP contribution in [0.3, 0.4) is 0 Å². The quantitative estimate of drug-likeness (QED) is 0.890. The van der Waals surface area contributed by atoms with Crippen LogP contribution in [-0.2, 0) is 4.79 Å². The first-order valence-corrected chi connectivity index (χ1v) is 7.74. The largest absolute Gasteiger partial charge is 0.490 e. The number of carbonyl (C=O) groups is 1. The van der Waals surface area contributed by atoms with Crippen molar-refractivity contribution in [1.29, 1.82) is 0 Å². The van der Waals surface area contributed by atoms with Crippen LogP contribution in [0.4, 0.5) is 0 Å². The van der Waals surface area contributed by atoms with Gasteiger partial charge in [-0.15, -0.1) is 12.4 Å². The number of para-hydroxylation sites is 1. The Balaban J connectivity index is 0.00000242. The van der Waals surface area contributed by atoms with E-state index in [1.165, 1.54) is 0 Å². The van der Waals surface area contributed by atoms with E-state index in [0.29, 0.717) is 23.9 Å². The number of nitrogens with zero attached hydrogens (tertiary/aromatic N) is 1. The molecule has 1 N–H and O–H groups in total. The van der Waals surface area contributed by atoms with Gasteiger partial charge in [-0.2, -0.15) is 0 Å². The molecule has 1 aliphatic rings. The molecule has 1 saturated heterocycles. The predicted octanol–water partition coefficient (Wildman–Crippen LogP) is 2.99. The number of amides is 1. The van der Waals surface area contributed by atoms with Crippen molar-refractivity contribution >= 4 is 29.9 Å². The van der Waals surface area contributed by atoms with Crippen molar-refractivity contribution in [3.63, 3.8) is 0 Å². The zero-order valence-electron chi connectivity index (χ0n) is 13.1. The smallest absolute Gasteiger partial charge is 0.229 e. The number of ether oxygens (including phenoxy) is 1. The normalized spacial score (nSPS) is 20.9. The molecule has 0 aliphatic carbocycles. The summed E-state index contributed by atoms with van der Waals surface area (Å²) in [6.45, 7) is 4.78. The third-order valence-electron chi connectivity index (χ3n) is 3.98. The lowest BCUT2D eigenvalue weighted by Crippen LogP contribution is -2.49. The Morgan fingerprint density at radius 1 is 1.45 bits per heavy atom. The maximum atomic E-state index is 12.5. The summed E-state index contributed by atoms with van der Waals surface area (Å²) in [5.41, 5.74) is -0.294. The Hall–Kier alpha value is -0.970. The molecule has 1 heterocycles. The third kappa shape index (κ3) is 4.77. The van der Waals surface area contributed by atoms with E-state index in [2.05, 4.69) is 5.32 Å². The second-order valence-corrected chi connectivity index (χ2v) is 6.25. The highest BCUT2D eigenvalue weighted by Gasteiger charge is 2.36. The summed E-state index contributed by atoms with van der Waals surface area (Å²) in [6, 6.07) is 7.36. The second-order valence-electron chi connectivity index (χ2n) is 5.85. The summed E-state index contributed by atoms with van der Waals surface area (Å²) in [6.07, 6.45) is 1.99. The number of halogens is 2. The van der Waals surface area contributed by atoms with Gasteiger partial charge in [-0.3, -0.25) is 4.79 Å². The first kappa shape index (κ1) is 19.1. The summed E-state index contributed by atoms with van der Waals surface area (Å²) in [5.74, 6) is 0.836. The van der Waals surface area contributed by atoms with Crippen LogP contribution in [0.1, 0.15) is 19.8 Å². The fourth-order valence-corrected chi connectivity index (χ4v) is 2.85. The van der Waals surface area contributed by atoms with Crippen molar-refractivity contribution in [2.24, 2.45) is 5.41 Å². The molecule has 1 aromatic carbocycles. The van der Waals surface area contributed by atoms with Crippen LogP contribution in [0.15, 0.2) is 24.3 Å². The topological polar surface area (TPSA) is 41.6 Å². The van der Waals surface area contributed by atoms with E-state index < -0.39 is 0 Å². The molecule has 6 heteroatoms. The summed E-state index contributed by atoms with van der Waals surface area (Å²) in [5, 5.41) is 3.90. The molecule has 1 aromatic rings. The molecule has 1 aliphatic heterocycles. The van der Waals surface area contributed by atoms with Crippen LogP contribution in [0, 0.1) is 5.41 Å². The minimum Gasteiger partial charge on any atom is -0.490 e. The van der Waals surface area contributed by atoms with E-state index >= 15 is 0 Å². The van der Waals surface area contributed by atoms with Crippen molar-refractivity contribution in [2.45, 2.75) is 19.8 Å². The fraction of sp³-hybridized carbons (Fsp3) is 0.562. The highest BCUT2D eigenvalue weighted by molar-refractivity contribution is 6.32. The van der Waals surface area contributed by atoms with E-state index in [1.807, 2.05) is 32.2 Å². The molecule has 0 aromatic heterocycles. The third-order valence-corrected chi connectivity index (χ3v) is 4.29. The van der Waals surface area contributed by atoms with E-state index in [1.54, 1.807) is 11.0 Å². The molecule has 1 fully saturated rings.